The molecular weight excluding hydrogens is 244 g/mol. The Bertz CT molecular complexity index is 478. The number of hydrogen-bond acceptors (Lipinski definition) is 1. The van der Waals surface area contributed by atoms with Gasteiger partial charge in [0.05, 0.1) is 10.5 Å². The SMILES string of the molecule is C/C(=N\[S@](=O)C(C)(C)C)c1cccc(F)c1F. The van der Waals surface area contributed by atoms with E-state index in [9.17, 15) is 13.0 Å². The first kappa shape index (κ1) is 14.0. The van der Waals surface area contributed by atoms with Gasteiger partial charge in [-0.3, -0.25) is 0 Å². The summed E-state index contributed by atoms with van der Waals surface area (Å²) in [5, 5.41) is 0. The maximum absolute atomic E-state index is 13.4. The average molecular weight is 259 g/mol. The van der Waals surface area contributed by atoms with Gasteiger partial charge in [0.1, 0.15) is 11.0 Å². The first-order valence-electron chi connectivity index (χ1n) is 5.15. The molecule has 2 nitrogen and oxygen atoms in total. The summed E-state index contributed by atoms with van der Waals surface area (Å²) < 4.78 is 41.6. The third-order valence-corrected chi connectivity index (χ3v) is 3.57. The Labute approximate surface area is 102 Å². The average Bonchev–Trinajstić information content (AvgIpc) is 2.20. The van der Waals surface area contributed by atoms with Gasteiger partial charge < -0.3 is 0 Å². The van der Waals surface area contributed by atoms with E-state index in [1.54, 1.807) is 20.8 Å². The van der Waals surface area contributed by atoms with Crippen molar-refractivity contribution in [1.29, 1.82) is 0 Å². The zero-order chi connectivity index (χ0) is 13.2. The van der Waals surface area contributed by atoms with Crippen LogP contribution in [0.3, 0.4) is 0 Å². The van der Waals surface area contributed by atoms with Crippen LogP contribution in [0, 0.1) is 11.6 Å². The van der Waals surface area contributed by atoms with E-state index in [0.717, 1.165) is 6.07 Å². The molecule has 0 N–H and O–H groups in total. The van der Waals surface area contributed by atoms with Crippen molar-refractivity contribution < 1.29 is 13.0 Å². The van der Waals surface area contributed by atoms with Crippen LogP contribution in [0.1, 0.15) is 33.3 Å². The topological polar surface area (TPSA) is 29.4 Å². The Morgan fingerprint density at radius 1 is 1.29 bits per heavy atom. The van der Waals surface area contributed by atoms with Crippen LogP contribution in [-0.4, -0.2) is 14.7 Å². The second-order valence-electron chi connectivity index (χ2n) is 4.64. The number of hydrogen-bond donors (Lipinski definition) is 0. The normalized spacial score (nSPS) is 14.8. The van der Waals surface area contributed by atoms with Gasteiger partial charge in [-0.05, 0) is 39.8 Å². The third-order valence-electron chi connectivity index (χ3n) is 2.09. The Morgan fingerprint density at radius 3 is 2.41 bits per heavy atom. The second kappa shape index (κ2) is 5.04. The number of benzene rings is 1. The molecule has 0 fully saturated rings. The molecule has 0 bridgehead atoms. The maximum Gasteiger partial charge on any atom is 0.167 e. The molecule has 0 heterocycles. The molecular formula is C12H15F2NOS. The molecule has 0 spiro atoms. The molecule has 1 aromatic carbocycles. The van der Waals surface area contributed by atoms with E-state index in [-0.39, 0.29) is 11.3 Å². The van der Waals surface area contributed by atoms with E-state index in [1.165, 1.54) is 19.1 Å². The molecule has 0 saturated carbocycles. The van der Waals surface area contributed by atoms with Gasteiger partial charge in [0.25, 0.3) is 0 Å². The summed E-state index contributed by atoms with van der Waals surface area (Å²) in [6, 6.07) is 3.84. The van der Waals surface area contributed by atoms with Crippen molar-refractivity contribution >= 4 is 16.7 Å². The minimum atomic E-state index is -1.48. The molecule has 1 atom stereocenters. The highest BCUT2D eigenvalue weighted by Crippen LogP contribution is 2.16. The van der Waals surface area contributed by atoms with Gasteiger partial charge in [-0.1, -0.05) is 6.07 Å². The quantitative estimate of drug-likeness (QED) is 0.750. The van der Waals surface area contributed by atoms with Gasteiger partial charge in [0.15, 0.2) is 11.6 Å². The van der Waals surface area contributed by atoms with Gasteiger partial charge >= 0.3 is 0 Å². The van der Waals surface area contributed by atoms with Crippen molar-refractivity contribution in [3.63, 3.8) is 0 Å². The van der Waals surface area contributed by atoms with Gasteiger partial charge in [0.2, 0.25) is 0 Å². The highest BCUT2D eigenvalue weighted by molar-refractivity contribution is 7.85. The summed E-state index contributed by atoms with van der Waals surface area (Å²) >= 11 is 0. The number of halogens is 2. The van der Waals surface area contributed by atoms with E-state index in [2.05, 4.69) is 4.40 Å². The van der Waals surface area contributed by atoms with Crippen LogP contribution in [0.25, 0.3) is 0 Å². The first-order valence-corrected chi connectivity index (χ1v) is 6.26. The van der Waals surface area contributed by atoms with Gasteiger partial charge in [-0.2, -0.15) is 4.40 Å². The molecule has 0 radical (unpaired) electrons. The minimum absolute atomic E-state index is 0.0441. The van der Waals surface area contributed by atoms with E-state index < -0.39 is 27.4 Å². The zero-order valence-electron chi connectivity index (χ0n) is 10.3. The van der Waals surface area contributed by atoms with E-state index in [0.29, 0.717) is 0 Å². The molecule has 5 heteroatoms. The van der Waals surface area contributed by atoms with Crippen LogP contribution >= 0.6 is 0 Å². The first-order chi connectivity index (χ1) is 7.73. The second-order valence-corrected chi connectivity index (χ2v) is 6.55. The monoisotopic (exact) mass is 259 g/mol. The van der Waals surface area contributed by atoms with Crippen molar-refractivity contribution in [2.24, 2.45) is 4.40 Å². The van der Waals surface area contributed by atoms with Crippen LogP contribution in [0.2, 0.25) is 0 Å². The predicted octanol–water partition coefficient (Wildman–Crippen LogP) is 3.24. The Morgan fingerprint density at radius 2 is 1.88 bits per heavy atom. The molecule has 0 aliphatic carbocycles. The molecule has 0 saturated heterocycles. The molecule has 17 heavy (non-hydrogen) atoms. The lowest BCUT2D eigenvalue weighted by Crippen LogP contribution is -2.21. The van der Waals surface area contributed by atoms with Crippen molar-refractivity contribution in [3.8, 4) is 0 Å². The molecule has 0 aliphatic heterocycles. The number of nitrogens with zero attached hydrogens (tertiary/aromatic N) is 1. The fourth-order valence-corrected chi connectivity index (χ4v) is 1.71. The van der Waals surface area contributed by atoms with Crippen molar-refractivity contribution in [1.82, 2.24) is 0 Å². The van der Waals surface area contributed by atoms with Crippen LogP contribution in [0.4, 0.5) is 8.78 Å². The summed E-state index contributed by atoms with van der Waals surface area (Å²) in [6.45, 7) is 6.81. The number of rotatable bonds is 2. The summed E-state index contributed by atoms with van der Waals surface area (Å²) in [7, 11) is -1.48. The molecule has 1 rings (SSSR count). The third kappa shape index (κ3) is 3.43. The smallest absolute Gasteiger partial charge is 0.167 e. The Hall–Kier alpha value is -1.10. The molecule has 94 valence electrons. The fraction of sp³-hybridized carbons (Fsp3) is 0.417. The molecule has 0 unspecified atom stereocenters. The Kier molecular flexibility index (Phi) is 4.14. The molecule has 0 amide bonds. The maximum atomic E-state index is 13.4. The lowest BCUT2D eigenvalue weighted by atomic mass is 10.1. The van der Waals surface area contributed by atoms with Crippen LogP contribution < -0.4 is 0 Å². The van der Waals surface area contributed by atoms with E-state index >= 15 is 0 Å². The van der Waals surface area contributed by atoms with Gasteiger partial charge in [-0.15, -0.1) is 0 Å². The zero-order valence-corrected chi connectivity index (χ0v) is 11.1. The van der Waals surface area contributed by atoms with E-state index in [1.807, 2.05) is 0 Å². The highest BCUT2D eigenvalue weighted by atomic mass is 32.2. The van der Waals surface area contributed by atoms with Crippen LogP contribution in [0.15, 0.2) is 22.6 Å². The standard InChI is InChI=1S/C12H15F2NOS/c1-8(15-17(16)12(2,3)4)9-6-5-7-10(13)11(9)14/h5-7H,1-4H3/b15-8+/t17-/m1/s1. The van der Waals surface area contributed by atoms with Crippen LogP contribution in [-0.2, 0) is 11.0 Å². The van der Waals surface area contributed by atoms with E-state index in [4.69, 9.17) is 0 Å². The summed E-state index contributed by atoms with van der Waals surface area (Å²) in [5.74, 6) is -1.89. The molecule has 0 aliphatic rings. The minimum Gasteiger partial charge on any atom is -0.234 e. The molecule has 0 aromatic heterocycles. The predicted molar refractivity (Wildman–Crippen MR) is 66.5 cm³/mol. The summed E-state index contributed by atoms with van der Waals surface area (Å²) in [6.07, 6.45) is 0. The lowest BCUT2D eigenvalue weighted by Gasteiger charge is -2.14. The summed E-state index contributed by atoms with van der Waals surface area (Å²) in [4.78, 5) is 0. The van der Waals surface area contributed by atoms with Crippen molar-refractivity contribution in [3.05, 3.63) is 35.4 Å². The summed E-state index contributed by atoms with van der Waals surface area (Å²) in [5.41, 5.74) is 0.276. The highest BCUT2D eigenvalue weighted by Gasteiger charge is 2.20. The van der Waals surface area contributed by atoms with Gasteiger partial charge in [0, 0.05) is 5.56 Å². The molecule has 1 aromatic rings. The largest absolute Gasteiger partial charge is 0.234 e. The lowest BCUT2D eigenvalue weighted by molar-refractivity contribution is 0.507. The Balaban J connectivity index is 3.13. The van der Waals surface area contributed by atoms with Crippen molar-refractivity contribution in [2.45, 2.75) is 32.4 Å². The fourth-order valence-electron chi connectivity index (χ4n) is 1.09. The van der Waals surface area contributed by atoms with Gasteiger partial charge in [-0.25, -0.2) is 13.0 Å². The van der Waals surface area contributed by atoms with Crippen LogP contribution in [0.5, 0.6) is 0 Å². The van der Waals surface area contributed by atoms with Crippen molar-refractivity contribution in [2.75, 3.05) is 0 Å².